The lowest BCUT2D eigenvalue weighted by Gasteiger charge is -2.26. The number of likely N-dealkylation sites (tertiary alicyclic amines) is 1. The monoisotopic (exact) mass is 378 g/mol. The van der Waals surface area contributed by atoms with Crippen molar-refractivity contribution in [2.75, 3.05) is 19.7 Å². The van der Waals surface area contributed by atoms with Gasteiger partial charge in [0.25, 0.3) is 5.56 Å². The van der Waals surface area contributed by atoms with E-state index in [1.807, 2.05) is 0 Å². The van der Waals surface area contributed by atoms with Crippen LogP contribution >= 0.6 is 0 Å². The third-order valence-electron chi connectivity index (χ3n) is 4.85. The number of azide groups is 1. The molecule has 11 nitrogen and oxygen atoms in total. The van der Waals surface area contributed by atoms with Gasteiger partial charge >= 0.3 is 11.8 Å². The first kappa shape index (κ1) is 19.0. The van der Waals surface area contributed by atoms with E-state index in [0.29, 0.717) is 18.7 Å². The van der Waals surface area contributed by atoms with Gasteiger partial charge in [0.05, 0.1) is 6.04 Å². The van der Waals surface area contributed by atoms with E-state index in [2.05, 4.69) is 15.0 Å². The molecule has 0 radical (unpaired) electrons. The van der Waals surface area contributed by atoms with Gasteiger partial charge in [-0.05, 0) is 31.7 Å². The molecule has 2 fully saturated rings. The summed E-state index contributed by atoms with van der Waals surface area (Å²) >= 11 is 0. The van der Waals surface area contributed by atoms with Crippen LogP contribution in [0.3, 0.4) is 0 Å². The minimum atomic E-state index is -0.720. The van der Waals surface area contributed by atoms with Crippen LogP contribution in [0.25, 0.3) is 10.4 Å². The van der Waals surface area contributed by atoms with E-state index in [-0.39, 0.29) is 13.0 Å². The molecule has 0 bridgehead atoms. The fourth-order valence-corrected chi connectivity index (χ4v) is 3.34. The molecule has 1 amide bonds. The zero-order chi connectivity index (χ0) is 19.4. The molecule has 0 aliphatic carbocycles. The molecule has 1 aromatic heterocycles. The van der Waals surface area contributed by atoms with E-state index in [4.69, 9.17) is 15.0 Å². The zero-order valence-electron chi connectivity index (χ0n) is 15.0. The van der Waals surface area contributed by atoms with Crippen LogP contribution in [-0.4, -0.2) is 52.4 Å². The van der Waals surface area contributed by atoms with Crippen molar-refractivity contribution >= 4 is 6.09 Å². The van der Waals surface area contributed by atoms with Gasteiger partial charge in [0, 0.05) is 36.2 Å². The van der Waals surface area contributed by atoms with Gasteiger partial charge in [-0.3, -0.25) is 14.3 Å². The van der Waals surface area contributed by atoms with Crippen LogP contribution in [0.2, 0.25) is 0 Å². The first-order valence-corrected chi connectivity index (χ1v) is 8.93. The van der Waals surface area contributed by atoms with Crippen LogP contribution in [0.4, 0.5) is 4.79 Å². The number of piperidine rings is 1. The number of rotatable bonds is 4. The first-order valence-electron chi connectivity index (χ1n) is 8.93. The number of carbonyl (C=O) groups is 1. The number of aromatic nitrogens is 2. The Bertz CT molecular complexity index is 852. The fraction of sp³-hybridized carbons (Fsp3) is 0.688. The largest absolute Gasteiger partial charge is 0.447 e. The summed E-state index contributed by atoms with van der Waals surface area (Å²) in [7, 11) is 0. The number of hydrogen-bond donors (Lipinski definition) is 1. The molecule has 3 rings (SSSR count). The maximum Gasteiger partial charge on any atom is 0.409 e. The second-order valence-corrected chi connectivity index (χ2v) is 6.74. The van der Waals surface area contributed by atoms with Crippen LogP contribution in [-0.2, 0) is 9.47 Å². The standard InChI is InChI=1S/C16H22N6O5/c1-10-8-22(15(24)18-14(10)23)13-7-11(19-20-17)12(27-13)9-26-16(25)21-5-3-2-4-6-21/h8,11-13H,2-7,9H2,1H3,(H,18,23,24)/t11-,12+,13+/m0/s1. The van der Waals surface area contributed by atoms with Crippen LogP contribution in [0.15, 0.2) is 20.9 Å². The molecule has 0 aromatic carbocycles. The first-order chi connectivity index (χ1) is 13.0. The summed E-state index contributed by atoms with van der Waals surface area (Å²) in [4.78, 5) is 42.4. The van der Waals surface area contributed by atoms with E-state index >= 15 is 0 Å². The molecule has 2 aliphatic rings. The average Bonchev–Trinajstić information content (AvgIpc) is 3.06. The summed E-state index contributed by atoms with van der Waals surface area (Å²) in [5, 5.41) is 3.70. The van der Waals surface area contributed by atoms with E-state index in [1.54, 1.807) is 11.8 Å². The Morgan fingerprint density at radius 1 is 1.41 bits per heavy atom. The number of aryl methyl sites for hydroxylation is 1. The molecule has 11 heteroatoms. The van der Waals surface area contributed by atoms with Crippen molar-refractivity contribution in [2.45, 2.75) is 51.0 Å². The molecule has 3 atom stereocenters. The van der Waals surface area contributed by atoms with Gasteiger partial charge < -0.3 is 14.4 Å². The molecule has 1 aromatic rings. The Labute approximate surface area is 154 Å². The minimum absolute atomic E-state index is 0.0768. The Morgan fingerprint density at radius 3 is 2.85 bits per heavy atom. The number of nitrogens with one attached hydrogen (secondary N) is 1. The Hall–Kier alpha value is -2.78. The van der Waals surface area contributed by atoms with Crippen molar-refractivity contribution in [1.29, 1.82) is 0 Å². The second-order valence-electron chi connectivity index (χ2n) is 6.74. The summed E-state index contributed by atoms with van der Waals surface area (Å²) in [6.07, 6.45) is 2.84. The summed E-state index contributed by atoms with van der Waals surface area (Å²) in [5.74, 6) is 0. The highest BCUT2D eigenvalue weighted by atomic mass is 16.6. The van der Waals surface area contributed by atoms with E-state index in [9.17, 15) is 14.4 Å². The van der Waals surface area contributed by atoms with Crippen molar-refractivity contribution < 1.29 is 14.3 Å². The van der Waals surface area contributed by atoms with Gasteiger partial charge in [0.2, 0.25) is 0 Å². The molecule has 0 unspecified atom stereocenters. The predicted molar refractivity (Wildman–Crippen MR) is 94.3 cm³/mol. The van der Waals surface area contributed by atoms with Gasteiger partial charge in [0.15, 0.2) is 0 Å². The molecule has 1 N–H and O–H groups in total. The second kappa shape index (κ2) is 8.28. The van der Waals surface area contributed by atoms with Crippen molar-refractivity contribution in [3.05, 3.63) is 43.0 Å². The van der Waals surface area contributed by atoms with Crippen molar-refractivity contribution in [1.82, 2.24) is 14.5 Å². The topological polar surface area (TPSA) is 142 Å². The van der Waals surface area contributed by atoms with E-state index in [1.165, 1.54) is 10.8 Å². The maximum atomic E-state index is 12.2. The van der Waals surface area contributed by atoms with Gasteiger partial charge in [-0.2, -0.15) is 0 Å². The summed E-state index contributed by atoms with van der Waals surface area (Å²) < 4.78 is 12.4. The van der Waals surface area contributed by atoms with Gasteiger partial charge in [-0.1, -0.05) is 5.11 Å². The summed E-state index contributed by atoms with van der Waals surface area (Å²) in [5.41, 5.74) is 8.07. The van der Waals surface area contributed by atoms with Crippen molar-refractivity contribution in [2.24, 2.45) is 5.11 Å². The minimum Gasteiger partial charge on any atom is -0.447 e. The number of hydrogen-bond acceptors (Lipinski definition) is 6. The summed E-state index contributed by atoms with van der Waals surface area (Å²) in [6, 6.07) is -0.590. The number of H-pyrrole nitrogens is 1. The third kappa shape index (κ3) is 4.32. The normalized spacial score (nSPS) is 25.1. The number of aromatic amines is 1. The SMILES string of the molecule is Cc1cn([C@H]2C[C@H](N=[N+]=[N-])[C@@H](COC(=O)N3CCCCC3)O2)c(=O)[nH]c1=O. The number of carbonyl (C=O) groups excluding carboxylic acids is 1. The lowest BCUT2D eigenvalue weighted by molar-refractivity contribution is -0.0355. The number of nitrogens with zero attached hydrogens (tertiary/aromatic N) is 5. The maximum absolute atomic E-state index is 12.2. The number of ether oxygens (including phenoxy) is 2. The Balaban J connectivity index is 1.69. The summed E-state index contributed by atoms with van der Waals surface area (Å²) in [6.45, 7) is 2.83. The molecule has 0 saturated carbocycles. The molecular weight excluding hydrogens is 356 g/mol. The molecule has 2 aliphatic heterocycles. The lowest BCUT2D eigenvalue weighted by atomic mass is 10.1. The molecular formula is C16H22N6O5. The van der Waals surface area contributed by atoms with Crippen LogP contribution < -0.4 is 11.2 Å². The highest BCUT2D eigenvalue weighted by Gasteiger charge is 2.37. The smallest absolute Gasteiger partial charge is 0.409 e. The quantitative estimate of drug-likeness (QED) is 0.479. The van der Waals surface area contributed by atoms with Crippen LogP contribution in [0, 0.1) is 6.92 Å². The van der Waals surface area contributed by atoms with Gasteiger partial charge in [-0.15, -0.1) is 0 Å². The fourth-order valence-electron chi connectivity index (χ4n) is 3.34. The lowest BCUT2D eigenvalue weighted by Crippen LogP contribution is -2.38. The van der Waals surface area contributed by atoms with Crippen molar-refractivity contribution in [3.63, 3.8) is 0 Å². The molecule has 27 heavy (non-hydrogen) atoms. The average molecular weight is 378 g/mol. The Kier molecular flexibility index (Phi) is 5.82. The highest BCUT2D eigenvalue weighted by Crippen LogP contribution is 2.30. The Morgan fingerprint density at radius 2 is 2.15 bits per heavy atom. The highest BCUT2D eigenvalue weighted by molar-refractivity contribution is 5.67. The number of amides is 1. The molecule has 3 heterocycles. The van der Waals surface area contributed by atoms with Crippen LogP contribution in [0.5, 0.6) is 0 Å². The zero-order valence-corrected chi connectivity index (χ0v) is 15.0. The van der Waals surface area contributed by atoms with E-state index < -0.39 is 35.7 Å². The van der Waals surface area contributed by atoms with Gasteiger partial charge in [-0.25, -0.2) is 9.59 Å². The predicted octanol–water partition coefficient (Wildman–Crippen LogP) is 1.43. The van der Waals surface area contributed by atoms with E-state index in [0.717, 1.165) is 19.3 Å². The molecule has 0 spiro atoms. The molecule has 2 saturated heterocycles. The third-order valence-corrected chi connectivity index (χ3v) is 4.85. The van der Waals surface area contributed by atoms with Crippen molar-refractivity contribution in [3.8, 4) is 0 Å². The van der Waals surface area contributed by atoms with Crippen LogP contribution in [0.1, 0.15) is 37.5 Å². The van der Waals surface area contributed by atoms with Gasteiger partial charge in [0.1, 0.15) is 18.9 Å². The molecule has 146 valence electrons.